The largest absolute Gasteiger partial charge is 0.371 e. The SMILES string of the molecule is [C-]#[N+]c1ccc(N2CC3(CCN(c4ccc(C(=O)N5CCN(CC6([N+]#[C-])CN(c7ccc8c(c7)C(=O)N(C7CCC(=O)NC7=O)C8=O)C6)CC5)cc4)CC3)CC2C)cc1Cl. The quantitative estimate of drug-likeness (QED) is 0.256. The van der Waals surface area contributed by atoms with Gasteiger partial charge in [0.05, 0.1) is 37.3 Å². The number of rotatable bonds is 7. The summed E-state index contributed by atoms with van der Waals surface area (Å²) in [6.45, 7) is 24.5. The molecule has 2 unspecified atom stereocenters. The summed E-state index contributed by atoms with van der Waals surface area (Å²) in [7, 11) is 0. The molecule has 6 aliphatic rings. The number of anilines is 3. The Balaban J connectivity index is 0.746. The van der Waals surface area contributed by atoms with Crippen molar-refractivity contribution >= 4 is 63.9 Å². The molecule has 0 bridgehead atoms. The maximum Gasteiger partial charge on any atom is 0.279 e. The Morgan fingerprint density at radius 2 is 1.50 bits per heavy atom. The molecule has 5 saturated heterocycles. The van der Waals surface area contributed by atoms with Crippen LogP contribution in [-0.2, 0) is 9.59 Å². The molecule has 15 heteroatoms. The van der Waals surface area contributed by atoms with Crippen LogP contribution in [0.3, 0.4) is 0 Å². The zero-order valence-corrected chi connectivity index (χ0v) is 34.3. The Labute approximate surface area is 354 Å². The standard InChI is InChI=1S/C45H46ClN9O5/c1-29-24-44(25-54(29)33-9-11-37(47-2)36(46)23-33)14-16-51(17-15-44)31-6-4-30(5-7-31)41(58)52-20-18-50(19-21-52)26-45(48-3)27-53(28-45)32-8-10-34-35(22-32)43(60)55(42(34)59)38-12-13-39(56)49-40(38)57/h4-11,22-23,29,38H,12-21,24-28H2,1H3,(H,49,56,57). The number of hydrogen-bond donors (Lipinski definition) is 1. The second kappa shape index (κ2) is 15.3. The van der Waals surface area contributed by atoms with Gasteiger partial charge >= 0.3 is 0 Å². The van der Waals surface area contributed by atoms with Gasteiger partial charge in [-0.3, -0.25) is 39.1 Å². The molecule has 6 aliphatic heterocycles. The molecule has 3 aromatic rings. The minimum Gasteiger partial charge on any atom is -0.371 e. The third-order valence-corrected chi connectivity index (χ3v) is 13.9. The summed E-state index contributed by atoms with van der Waals surface area (Å²) in [6.07, 6.45) is 3.45. The lowest BCUT2D eigenvalue weighted by Gasteiger charge is -2.46. The summed E-state index contributed by atoms with van der Waals surface area (Å²) in [6, 6.07) is 18.2. The van der Waals surface area contributed by atoms with E-state index in [1.165, 1.54) is 0 Å². The maximum absolute atomic E-state index is 13.6. The number of carbonyl (C=O) groups excluding carboxylic acids is 5. The number of halogens is 1. The van der Waals surface area contributed by atoms with E-state index in [2.05, 4.69) is 48.8 Å². The first-order chi connectivity index (χ1) is 28.9. The van der Waals surface area contributed by atoms with Crippen LogP contribution in [0.5, 0.6) is 0 Å². The first-order valence-corrected chi connectivity index (χ1v) is 21.1. The summed E-state index contributed by atoms with van der Waals surface area (Å²) in [4.78, 5) is 83.7. The van der Waals surface area contributed by atoms with Gasteiger partial charge in [0, 0.05) is 85.9 Å². The monoisotopic (exact) mass is 827 g/mol. The number of hydrogen-bond acceptors (Lipinski definition) is 9. The predicted octanol–water partition coefficient (Wildman–Crippen LogP) is 5.11. The molecule has 5 amide bonds. The molecule has 0 saturated carbocycles. The van der Waals surface area contributed by atoms with Crippen LogP contribution in [-0.4, -0.2) is 127 Å². The molecule has 0 radical (unpaired) electrons. The van der Waals surface area contributed by atoms with Crippen LogP contribution in [0.25, 0.3) is 9.69 Å². The maximum atomic E-state index is 13.6. The Hall–Kier alpha value is -5.96. The lowest BCUT2D eigenvalue weighted by Crippen LogP contribution is -2.66. The topological polar surface area (TPSA) is 126 Å². The number of piperazine rings is 1. The first kappa shape index (κ1) is 39.5. The molecule has 6 heterocycles. The van der Waals surface area contributed by atoms with E-state index in [9.17, 15) is 24.0 Å². The summed E-state index contributed by atoms with van der Waals surface area (Å²) in [5.41, 5.74) is 4.14. The molecule has 14 nitrogen and oxygen atoms in total. The van der Waals surface area contributed by atoms with E-state index in [-0.39, 0.29) is 35.3 Å². The van der Waals surface area contributed by atoms with Crippen molar-refractivity contribution in [1.82, 2.24) is 20.0 Å². The van der Waals surface area contributed by atoms with Gasteiger partial charge in [-0.05, 0) is 92.6 Å². The molecule has 60 heavy (non-hydrogen) atoms. The van der Waals surface area contributed by atoms with Crippen molar-refractivity contribution in [2.45, 2.75) is 56.7 Å². The molecule has 5 fully saturated rings. The fourth-order valence-electron chi connectivity index (χ4n) is 10.3. The van der Waals surface area contributed by atoms with Gasteiger partial charge in [-0.25, -0.2) is 11.4 Å². The van der Waals surface area contributed by atoms with Crippen LogP contribution >= 0.6 is 11.6 Å². The zero-order chi connectivity index (χ0) is 41.9. The van der Waals surface area contributed by atoms with Crippen LogP contribution in [0.2, 0.25) is 5.02 Å². The van der Waals surface area contributed by atoms with E-state index in [1.54, 1.807) is 18.2 Å². The average Bonchev–Trinajstić information content (AvgIpc) is 3.69. The highest BCUT2D eigenvalue weighted by Gasteiger charge is 2.52. The number of nitrogens with zero attached hydrogens (tertiary/aromatic N) is 8. The van der Waals surface area contributed by atoms with E-state index >= 15 is 0 Å². The number of piperidine rings is 2. The normalized spacial score (nSPS) is 23.6. The number of imide groups is 2. The van der Waals surface area contributed by atoms with Crippen molar-refractivity contribution in [3.8, 4) is 0 Å². The zero-order valence-electron chi connectivity index (χ0n) is 33.5. The number of benzene rings is 3. The van der Waals surface area contributed by atoms with Crippen LogP contribution in [0, 0.1) is 18.6 Å². The molecule has 0 aromatic heterocycles. The first-order valence-electron chi connectivity index (χ1n) is 20.7. The van der Waals surface area contributed by atoms with E-state index in [0.29, 0.717) is 68.1 Å². The molecule has 308 valence electrons. The fourth-order valence-corrected chi connectivity index (χ4v) is 10.5. The van der Waals surface area contributed by atoms with Crippen molar-refractivity contribution in [2.24, 2.45) is 5.41 Å². The second-order valence-corrected chi connectivity index (χ2v) is 17.8. The number of nitrogens with one attached hydrogen (secondary N) is 1. The highest BCUT2D eigenvalue weighted by molar-refractivity contribution is 6.33. The molecule has 0 aliphatic carbocycles. The lowest BCUT2D eigenvalue weighted by atomic mass is 9.76. The van der Waals surface area contributed by atoms with Crippen LogP contribution < -0.4 is 20.0 Å². The molecule has 1 N–H and O–H groups in total. The average molecular weight is 828 g/mol. The molecule has 2 atom stereocenters. The smallest absolute Gasteiger partial charge is 0.279 e. The van der Waals surface area contributed by atoms with E-state index in [4.69, 9.17) is 24.7 Å². The molecular weight excluding hydrogens is 782 g/mol. The number of amides is 5. The Morgan fingerprint density at radius 1 is 0.817 bits per heavy atom. The van der Waals surface area contributed by atoms with Crippen molar-refractivity contribution in [1.29, 1.82) is 0 Å². The van der Waals surface area contributed by atoms with Crippen molar-refractivity contribution < 1.29 is 24.0 Å². The second-order valence-electron chi connectivity index (χ2n) is 17.4. The predicted molar refractivity (Wildman–Crippen MR) is 226 cm³/mol. The Kier molecular flexibility index (Phi) is 10.0. The summed E-state index contributed by atoms with van der Waals surface area (Å²) >= 11 is 6.38. The molecule has 9 rings (SSSR count). The lowest BCUT2D eigenvalue weighted by molar-refractivity contribution is -0.136. The van der Waals surface area contributed by atoms with Crippen molar-refractivity contribution in [2.75, 3.05) is 80.1 Å². The van der Waals surface area contributed by atoms with E-state index in [1.807, 2.05) is 40.1 Å². The fraction of sp³-hybridized carbons (Fsp3) is 0.444. The van der Waals surface area contributed by atoms with Gasteiger partial charge in [0.15, 0.2) is 0 Å². The van der Waals surface area contributed by atoms with Gasteiger partial charge in [-0.2, -0.15) is 0 Å². The van der Waals surface area contributed by atoms with Gasteiger partial charge in [-0.15, -0.1) is 0 Å². The van der Waals surface area contributed by atoms with Gasteiger partial charge in [-0.1, -0.05) is 17.7 Å². The van der Waals surface area contributed by atoms with Gasteiger partial charge in [0.1, 0.15) is 6.04 Å². The third kappa shape index (κ3) is 7.01. The van der Waals surface area contributed by atoms with Gasteiger partial charge in [0.25, 0.3) is 23.3 Å². The van der Waals surface area contributed by atoms with Crippen LogP contribution in [0.1, 0.15) is 70.1 Å². The summed E-state index contributed by atoms with van der Waals surface area (Å²) < 4.78 is 0. The summed E-state index contributed by atoms with van der Waals surface area (Å²) in [5, 5.41) is 2.72. The summed E-state index contributed by atoms with van der Waals surface area (Å²) in [5.74, 6) is -2.15. The van der Waals surface area contributed by atoms with E-state index < -0.39 is 35.2 Å². The minimum absolute atomic E-state index is 0.0129. The minimum atomic E-state index is -1.02. The molecule has 3 aromatic carbocycles. The highest BCUT2D eigenvalue weighted by Crippen LogP contribution is 2.46. The third-order valence-electron chi connectivity index (χ3n) is 13.6. The van der Waals surface area contributed by atoms with Crippen molar-refractivity contribution in [3.63, 3.8) is 0 Å². The van der Waals surface area contributed by atoms with Crippen LogP contribution in [0.15, 0.2) is 60.7 Å². The Bertz CT molecular complexity index is 2370. The van der Waals surface area contributed by atoms with Gasteiger partial charge in [0.2, 0.25) is 17.5 Å². The highest BCUT2D eigenvalue weighted by atomic mass is 35.5. The molecule has 1 spiro atoms. The van der Waals surface area contributed by atoms with Crippen molar-refractivity contribution in [3.05, 3.63) is 105 Å². The number of carbonyl (C=O) groups is 5. The van der Waals surface area contributed by atoms with Crippen LogP contribution in [0.4, 0.5) is 22.7 Å². The van der Waals surface area contributed by atoms with Gasteiger partial charge < -0.3 is 24.4 Å². The van der Waals surface area contributed by atoms with E-state index in [0.717, 1.165) is 60.9 Å². The number of fused-ring (bicyclic) bond motifs is 1. The Morgan fingerprint density at radius 3 is 2.17 bits per heavy atom. The molecular formula is C45H46ClN9O5.